The molecule has 1 aliphatic rings. The third-order valence-corrected chi connectivity index (χ3v) is 6.20. The van der Waals surface area contributed by atoms with Gasteiger partial charge in [0.1, 0.15) is 29.7 Å². The van der Waals surface area contributed by atoms with Crippen LogP contribution in [0.5, 0.6) is 23.0 Å². The number of phenolic OH excluding ortho intramolecular Hbond substituents is 1. The van der Waals surface area contributed by atoms with Crippen molar-refractivity contribution in [1.82, 2.24) is 0 Å². The monoisotopic (exact) mass is 556 g/mol. The van der Waals surface area contributed by atoms with Crippen molar-refractivity contribution in [3.05, 3.63) is 91.7 Å². The fourth-order valence-electron chi connectivity index (χ4n) is 3.57. The van der Waals surface area contributed by atoms with Gasteiger partial charge < -0.3 is 25.1 Å². The van der Waals surface area contributed by atoms with Gasteiger partial charge in [0.05, 0.1) is 17.5 Å². The Kier molecular flexibility index (Phi) is 6.31. The van der Waals surface area contributed by atoms with E-state index in [1.165, 1.54) is 6.07 Å². The fourth-order valence-corrected chi connectivity index (χ4v) is 4.41. The summed E-state index contributed by atoms with van der Waals surface area (Å²) in [7, 11) is 1.56. The van der Waals surface area contributed by atoms with E-state index in [1.807, 2.05) is 36.4 Å². The largest absolute Gasteiger partial charge is 0.508 e. The summed E-state index contributed by atoms with van der Waals surface area (Å²) in [4.78, 5) is 0. The van der Waals surface area contributed by atoms with Crippen LogP contribution in [0.15, 0.2) is 75.0 Å². The normalized spacial score (nSPS) is 14.9. The van der Waals surface area contributed by atoms with Crippen molar-refractivity contribution in [3.63, 3.8) is 0 Å². The minimum atomic E-state index is -0.491. The quantitative estimate of drug-likeness (QED) is 0.416. The van der Waals surface area contributed by atoms with Crippen LogP contribution in [0.2, 0.25) is 0 Å². The lowest BCUT2D eigenvalue weighted by atomic mass is 9.83. The summed E-state index contributed by atoms with van der Waals surface area (Å²) < 4.78 is 18.9. The number of hydrogen-bond acceptors (Lipinski definition) is 6. The molecule has 0 aromatic heterocycles. The molecule has 0 bridgehead atoms. The van der Waals surface area contributed by atoms with E-state index in [0.29, 0.717) is 33.9 Å². The van der Waals surface area contributed by atoms with Crippen molar-refractivity contribution in [2.24, 2.45) is 5.73 Å². The van der Waals surface area contributed by atoms with E-state index >= 15 is 0 Å². The molecule has 0 unspecified atom stereocenters. The second-order valence-corrected chi connectivity index (χ2v) is 8.87. The molecule has 1 atom stereocenters. The molecule has 0 spiro atoms. The minimum Gasteiger partial charge on any atom is -0.508 e. The maximum Gasteiger partial charge on any atom is 0.205 e. The van der Waals surface area contributed by atoms with Crippen LogP contribution in [-0.4, -0.2) is 12.2 Å². The smallest absolute Gasteiger partial charge is 0.205 e. The first-order valence-corrected chi connectivity index (χ1v) is 11.1. The van der Waals surface area contributed by atoms with Gasteiger partial charge in [0.25, 0.3) is 0 Å². The van der Waals surface area contributed by atoms with Crippen molar-refractivity contribution in [2.45, 2.75) is 12.5 Å². The average molecular weight is 558 g/mol. The lowest BCUT2D eigenvalue weighted by Gasteiger charge is -2.27. The molecule has 6 nitrogen and oxygen atoms in total. The van der Waals surface area contributed by atoms with Crippen molar-refractivity contribution < 1.29 is 19.3 Å². The number of rotatable bonds is 5. The lowest BCUT2D eigenvalue weighted by molar-refractivity contribution is 0.282. The summed E-state index contributed by atoms with van der Waals surface area (Å²) in [6.07, 6.45) is 0. The number of nitrogens with two attached hydrogens (primary N) is 1. The molecule has 0 radical (unpaired) electrons. The van der Waals surface area contributed by atoms with Gasteiger partial charge in [0.2, 0.25) is 5.88 Å². The van der Waals surface area contributed by atoms with Crippen LogP contribution in [0, 0.1) is 11.3 Å². The van der Waals surface area contributed by atoms with Gasteiger partial charge in [-0.15, -0.1) is 0 Å². The second-order valence-electron chi connectivity index (χ2n) is 7.10. The summed E-state index contributed by atoms with van der Waals surface area (Å²) in [5, 5.41) is 19.6. The standard InChI is InChI=1S/C24H18Br2N2O4/c1-30-21-9-14(8-19(26)23(21)31-12-13-2-4-15(25)5-3-13)22-17-7-6-16(29)10-20(17)32-24(28)18(22)11-27/h2-10,22,29H,12,28H2,1H3/t22-/m1/s1. The van der Waals surface area contributed by atoms with E-state index in [4.69, 9.17) is 19.9 Å². The Morgan fingerprint density at radius 1 is 1.12 bits per heavy atom. The molecule has 162 valence electrons. The number of benzene rings is 3. The van der Waals surface area contributed by atoms with Crippen molar-refractivity contribution in [2.75, 3.05) is 7.11 Å². The SMILES string of the molecule is COc1cc([C@H]2C(C#N)=C(N)Oc3cc(O)ccc32)cc(Br)c1OCc1ccc(Br)cc1. The molecule has 1 heterocycles. The first-order chi connectivity index (χ1) is 15.4. The first kappa shape index (κ1) is 22.1. The first-order valence-electron chi connectivity index (χ1n) is 9.56. The summed E-state index contributed by atoms with van der Waals surface area (Å²) in [5.41, 5.74) is 8.79. The average Bonchev–Trinajstić information content (AvgIpc) is 2.77. The number of nitrogens with zero attached hydrogens (tertiary/aromatic N) is 1. The number of nitriles is 1. The van der Waals surface area contributed by atoms with Gasteiger partial charge in [-0.05, 0) is 57.4 Å². The number of allylic oxidation sites excluding steroid dienone is 1. The predicted molar refractivity (Wildman–Crippen MR) is 127 cm³/mol. The zero-order chi connectivity index (χ0) is 22.8. The number of methoxy groups -OCH3 is 1. The second kappa shape index (κ2) is 9.15. The third kappa shape index (κ3) is 4.27. The highest BCUT2D eigenvalue weighted by atomic mass is 79.9. The Hall–Kier alpha value is -3.15. The summed E-state index contributed by atoms with van der Waals surface area (Å²) in [6.45, 7) is 0.358. The molecule has 0 fully saturated rings. The molecular formula is C24H18Br2N2O4. The van der Waals surface area contributed by atoms with Gasteiger partial charge in [-0.2, -0.15) is 5.26 Å². The van der Waals surface area contributed by atoms with Crippen LogP contribution >= 0.6 is 31.9 Å². The molecule has 8 heteroatoms. The molecule has 3 aromatic rings. The Labute approximate surface area is 202 Å². The number of aromatic hydroxyl groups is 1. The van der Waals surface area contributed by atoms with Crippen LogP contribution < -0.4 is 19.9 Å². The van der Waals surface area contributed by atoms with E-state index in [2.05, 4.69) is 37.9 Å². The molecule has 1 aliphatic heterocycles. The van der Waals surface area contributed by atoms with Crippen LogP contribution in [0.25, 0.3) is 0 Å². The van der Waals surface area contributed by atoms with E-state index in [9.17, 15) is 10.4 Å². The number of fused-ring (bicyclic) bond motifs is 1. The van der Waals surface area contributed by atoms with Gasteiger partial charge in [0, 0.05) is 16.1 Å². The molecule has 4 rings (SSSR count). The van der Waals surface area contributed by atoms with E-state index < -0.39 is 5.92 Å². The van der Waals surface area contributed by atoms with Gasteiger partial charge >= 0.3 is 0 Å². The number of hydrogen-bond donors (Lipinski definition) is 2. The fraction of sp³-hybridized carbons (Fsp3) is 0.125. The molecule has 0 aliphatic carbocycles. The zero-order valence-electron chi connectivity index (χ0n) is 16.9. The summed E-state index contributed by atoms with van der Waals surface area (Å²) in [6, 6.07) is 18.4. The van der Waals surface area contributed by atoms with Crippen LogP contribution in [0.4, 0.5) is 0 Å². The van der Waals surface area contributed by atoms with Crippen LogP contribution in [0.1, 0.15) is 22.6 Å². The molecule has 32 heavy (non-hydrogen) atoms. The number of phenols is 1. The molecule has 3 aromatic carbocycles. The predicted octanol–water partition coefficient (Wildman–Crippen LogP) is 5.72. The van der Waals surface area contributed by atoms with E-state index in [0.717, 1.165) is 15.6 Å². The number of ether oxygens (including phenoxy) is 3. The molecule has 0 amide bonds. The number of halogens is 2. The van der Waals surface area contributed by atoms with Gasteiger partial charge in [-0.3, -0.25) is 0 Å². The van der Waals surface area contributed by atoms with Crippen LogP contribution in [-0.2, 0) is 6.61 Å². The lowest BCUT2D eigenvalue weighted by Crippen LogP contribution is -2.21. The van der Waals surface area contributed by atoms with Crippen molar-refractivity contribution in [1.29, 1.82) is 5.26 Å². The Morgan fingerprint density at radius 2 is 1.88 bits per heavy atom. The molecule has 0 saturated carbocycles. The Balaban J connectivity index is 1.74. The van der Waals surface area contributed by atoms with E-state index in [1.54, 1.807) is 19.2 Å². The maximum atomic E-state index is 9.84. The van der Waals surface area contributed by atoms with E-state index in [-0.39, 0.29) is 17.2 Å². The van der Waals surface area contributed by atoms with Gasteiger partial charge in [-0.1, -0.05) is 34.1 Å². The summed E-state index contributed by atoms with van der Waals surface area (Å²) in [5.74, 6) is 1.02. The summed E-state index contributed by atoms with van der Waals surface area (Å²) >= 11 is 7.01. The van der Waals surface area contributed by atoms with Gasteiger partial charge in [0.15, 0.2) is 11.5 Å². The van der Waals surface area contributed by atoms with Crippen LogP contribution in [0.3, 0.4) is 0 Å². The van der Waals surface area contributed by atoms with Crippen molar-refractivity contribution >= 4 is 31.9 Å². The highest BCUT2D eigenvalue weighted by Crippen LogP contribution is 2.47. The van der Waals surface area contributed by atoms with Gasteiger partial charge in [-0.25, -0.2) is 0 Å². The zero-order valence-corrected chi connectivity index (χ0v) is 20.1. The Morgan fingerprint density at radius 3 is 2.56 bits per heavy atom. The molecule has 0 saturated heterocycles. The topological polar surface area (TPSA) is 97.7 Å². The maximum absolute atomic E-state index is 9.84. The molecule has 3 N–H and O–H groups in total. The van der Waals surface area contributed by atoms with Crippen molar-refractivity contribution in [3.8, 4) is 29.1 Å². The highest BCUT2D eigenvalue weighted by Gasteiger charge is 2.32. The Bertz CT molecular complexity index is 1250. The highest BCUT2D eigenvalue weighted by molar-refractivity contribution is 9.10. The minimum absolute atomic E-state index is 0.00116. The molecular weight excluding hydrogens is 540 g/mol. The third-order valence-electron chi connectivity index (χ3n) is 5.08.